The summed E-state index contributed by atoms with van der Waals surface area (Å²) in [6.07, 6.45) is 0. The molecule has 1 aliphatic heterocycles. The standard InChI is InChI=1S/C20H22ClN3O2/c1-14-4-3-5-18(15(14)2)23-10-12-24(13-11-23)20(26)19(25)22-17-8-6-16(21)7-9-17/h3-9H,10-13H2,1-2H3,(H,22,25). The first-order valence-corrected chi connectivity index (χ1v) is 9.00. The third-order valence-electron chi connectivity index (χ3n) is 4.78. The molecule has 1 saturated heterocycles. The molecule has 0 atom stereocenters. The molecule has 136 valence electrons. The van der Waals surface area contributed by atoms with Crippen LogP contribution in [-0.2, 0) is 9.59 Å². The van der Waals surface area contributed by atoms with Gasteiger partial charge in [-0.05, 0) is 55.3 Å². The molecule has 0 radical (unpaired) electrons. The molecule has 0 bridgehead atoms. The largest absolute Gasteiger partial charge is 0.368 e. The van der Waals surface area contributed by atoms with Crippen LogP contribution >= 0.6 is 11.6 Å². The van der Waals surface area contributed by atoms with Gasteiger partial charge in [0.1, 0.15) is 0 Å². The Bertz CT molecular complexity index is 812. The molecular weight excluding hydrogens is 350 g/mol. The molecule has 2 aromatic rings. The number of carbonyl (C=O) groups excluding carboxylic acids is 2. The lowest BCUT2D eigenvalue weighted by molar-refractivity contribution is -0.143. The highest BCUT2D eigenvalue weighted by Gasteiger charge is 2.26. The van der Waals surface area contributed by atoms with Crippen LogP contribution < -0.4 is 10.2 Å². The number of rotatable bonds is 2. The van der Waals surface area contributed by atoms with E-state index in [2.05, 4.69) is 42.3 Å². The highest BCUT2D eigenvalue weighted by molar-refractivity contribution is 6.39. The summed E-state index contributed by atoms with van der Waals surface area (Å²) in [6, 6.07) is 12.9. The summed E-state index contributed by atoms with van der Waals surface area (Å²) in [5.41, 5.74) is 4.26. The van der Waals surface area contributed by atoms with Gasteiger partial charge < -0.3 is 15.1 Å². The molecule has 0 aliphatic carbocycles. The smallest absolute Gasteiger partial charge is 0.313 e. The normalized spacial score (nSPS) is 14.3. The van der Waals surface area contributed by atoms with E-state index in [1.54, 1.807) is 29.2 Å². The first-order valence-electron chi connectivity index (χ1n) is 8.62. The van der Waals surface area contributed by atoms with Gasteiger partial charge in [0.05, 0.1) is 0 Å². The van der Waals surface area contributed by atoms with Gasteiger partial charge in [-0.2, -0.15) is 0 Å². The van der Waals surface area contributed by atoms with Crippen LogP contribution in [0.2, 0.25) is 5.02 Å². The van der Waals surface area contributed by atoms with Crippen LogP contribution in [0.3, 0.4) is 0 Å². The van der Waals surface area contributed by atoms with Crippen molar-refractivity contribution >= 4 is 34.8 Å². The van der Waals surface area contributed by atoms with E-state index in [0.717, 1.165) is 0 Å². The van der Waals surface area contributed by atoms with E-state index in [1.165, 1.54) is 16.8 Å². The fourth-order valence-electron chi connectivity index (χ4n) is 3.09. The Morgan fingerprint density at radius 2 is 1.62 bits per heavy atom. The zero-order valence-electron chi connectivity index (χ0n) is 15.0. The van der Waals surface area contributed by atoms with Gasteiger partial charge in [0.2, 0.25) is 0 Å². The van der Waals surface area contributed by atoms with Gasteiger partial charge in [-0.15, -0.1) is 0 Å². The molecule has 6 heteroatoms. The van der Waals surface area contributed by atoms with Crippen molar-refractivity contribution in [1.82, 2.24) is 4.90 Å². The van der Waals surface area contributed by atoms with Gasteiger partial charge >= 0.3 is 11.8 Å². The molecule has 0 unspecified atom stereocenters. The minimum Gasteiger partial charge on any atom is -0.368 e. The summed E-state index contributed by atoms with van der Waals surface area (Å²) in [6.45, 7) is 6.69. The van der Waals surface area contributed by atoms with Crippen molar-refractivity contribution in [3.63, 3.8) is 0 Å². The average molecular weight is 372 g/mol. The fourth-order valence-corrected chi connectivity index (χ4v) is 3.22. The highest BCUT2D eigenvalue weighted by atomic mass is 35.5. The molecule has 0 saturated carbocycles. The van der Waals surface area contributed by atoms with Crippen LogP contribution in [0.25, 0.3) is 0 Å². The molecule has 1 aliphatic rings. The van der Waals surface area contributed by atoms with Crippen LogP contribution in [0.4, 0.5) is 11.4 Å². The maximum Gasteiger partial charge on any atom is 0.313 e. The van der Waals surface area contributed by atoms with E-state index >= 15 is 0 Å². The number of piperazine rings is 1. The Morgan fingerprint density at radius 1 is 0.962 bits per heavy atom. The zero-order chi connectivity index (χ0) is 18.7. The highest BCUT2D eigenvalue weighted by Crippen LogP contribution is 2.24. The second-order valence-electron chi connectivity index (χ2n) is 6.46. The molecule has 1 heterocycles. The lowest BCUT2D eigenvalue weighted by atomic mass is 10.1. The second kappa shape index (κ2) is 7.79. The lowest BCUT2D eigenvalue weighted by Crippen LogP contribution is -2.51. The summed E-state index contributed by atoms with van der Waals surface area (Å²) in [5.74, 6) is -1.12. The van der Waals surface area contributed by atoms with Gasteiger partial charge in [-0.25, -0.2) is 0 Å². The number of amides is 2. The van der Waals surface area contributed by atoms with Crippen LogP contribution in [0.15, 0.2) is 42.5 Å². The van der Waals surface area contributed by atoms with E-state index in [9.17, 15) is 9.59 Å². The molecular formula is C20H22ClN3O2. The first kappa shape index (κ1) is 18.3. The van der Waals surface area contributed by atoms with E-state index in [4.69, 9.17) is 11.6 Å². The number of hydrogen-bond acceptors (Lipinski definition) is 3. The summed E-state index contributed by atoms with van der Waals surface area (Å²) in [5, 5.41) is 3.20. The Kier molecular flexibility index (Phi) is 5.47. The van der Waals surface area contributed by atoms with Crippen molar-refractivity contribution in [2.45, 2.75) is 13.8 Å². The van der Waals surface area contributed by atoms with Crippen molar-refractivity contribution in [2.75, 3.05) is 36.4 Å². The minimum absolute atomic E-state index is 0.499. The second-order valence-corrected chi connectivity index (χ2v) is 6.90. The van der Waals surface area contributed by atoms with Gasteiger partial charge in [-0.1, -0.05) is 23.7 Å². The molecule has 1 fully saturated rings. The number of benzene rings is 2. The number of halogens is 1. The van der Waals surface area contributed by atoms with Crippen LogP contribution in [0, 0.1) is 13.8 Å². The molecule has 26 heavy (non-hydrogen) atoms. The van der Waals surface area contributed by atoms with Gasteiger partial charge in [0, 0.05) is 42.6 Å². The topological polar surface area (TPSA) is 52.7 Å². The van der Waals surface area contributed by atoms with Crippen LogP contribution in [-0.4, -0.2) is 42.9 Å². The number of carbonyl (C=O) groups is 2. The fraction of sp³-hybridized carbons (Fsp3) is 0.300. The Labute approximate surface area is 158 Å². The first-order chi connectivity index (χ1) is 12.5. The number of hydrogen-bond donors (Lipinski definition) is 1. The summed E-state index contributed by atoms with van der Waals surface area (Å²) in [7, 11) is 0. The third kappa shape index (κ3) is 3.99. The SMILES string of the molecule is Cc1cccc(N2CCN(C(=O)C(=O)Nc3ccc(Cl)cc3)CC2)c1C. The number of nitrogens with one attached hydrogen (secondary N) is 1. The molecule has 2 aromatic carbocycles. The number of nitrogens with zero attached hydrogens (tertiary/aromatic N) is 2. The molecule has 5 nitrogen and oxygen atoms in total. The summed E-state index contributed by atoms with van der Waals surface area (Å²) in [4.78, 5) is 28.5. The van der Waals surface area contributed by atoms with Gasteiger partial charge in [0.15, 0.2) is 0 Å². The van der Waals surface area contributed by atoms with E-state index < -0.39 is 11.8 Å². The average Bonchev–Trinajstić information content (AvgIpc) is 2.65. The Morgan fingerprint density at radius 3 is 2.27 bits per heavy atom. The molecule has 2 amide bonds. The van der Waals surface area contributed by atoms with Crippen molar-refractivity contribution in [2.24, 2.45) is 0 Å². The zero-order valence-corrected chi connectivity index (χ0v) is 15.7. The van der Waals surface area contributed by atoms with Gasteiger partial charge in [0.25, 0.3) is 0 Å². The number of anilines is 2. The minimum atomic E-state index is -0.618. The molecule has 1 N–H and O–H groups in total. The van der Waals surface area contributed by atoms with Crippen molar-refractivity contribution in [1.29, 1.82) is 0 Å². The van der Waals surface area contributed by atoms with Crippen LogP contribution in [0.5, 0.6) is 0 Å². The summed E-state index contributed by atoms with van der Waals surface area (Å²) >= 11 is 5.82. The Hall–Kier alpha value is -2.53. The number of aryl methyl sites for hydroxylation is 1. The quantitative estimate of drug-likeness (QED) is 0.824. The predicted molar refractivity (Wildman–Crippen MR) is 105 cm³/mol. The van der Waals surface area contributed by atoms with E-state index in [-0.39, 0.29) is 0 Å². The van der Waals surface area contributed by atoms with Crippen LogP contribution in [0.1, 0.15) is 11.1 Å². The maximum atomic E-state index is 12.4. The Balaban J connectivity index is 1.58. The summed E-state index contributed by atoms with van der Waals surface area (Å²) < 4.78 is 0. The predicted octanol–water partition coefficient (Wildman–Crippen LogP) is 3.24. The molecule has 3 rings (SSSR count). The van der Waals surface area contributed by atoms with Crippen molar-refractivity contribution in [3.05, 3.63) is 58.6 Å². The molecule has 0 aromatic heterocycles. The third-order valence-corrected chi connectivity index (χ3v) is 5.03. The monoisotopic (exact) mass is 371 g/mol. The van der Waals surface area contributed by atoms with Gasteiger partial charge in [-0.3, -0.25) is 9.59 Å². The van der Waals surface area contributed by atoms with Crippen molar-refractivity contribution in [3.8, 4) is 0 Å². The maximum absolute atomic E-state index is 12.4. The van der Waals surface area contributed by atoms with E-state index in [1.807, 2.05) is 0 Å². The molecule has 0 spiro atoms. The van der Waals surface area contributed by atoms with E-state index in [0.29, 0.717) is 36.9 Å². The lowest BCUT2D eigenvalue weighted by Gasteiger charge is -2.36. The van der Waals surface area contributed by atoms with Crippen molar-refractivity contribution < 1.29 is 9.59 Å².